The smallest absolute Gasteiger partial charge is 0.255 e. The summed E-state index contributed by atoms with van der Waals surface area (Å²) in [7, 11) is 0. The number of nitrogens with one attached hydrogen (secondary N) is 1. The van der Waals surface area contributed by atoms with Gasteiger partial charge in [0.25, 0.3) is 11.8 Å². The summed E-state index contributed by atoms with van der Waals surface area (Å²) in [6.07, 6.45) is 3.14. The third kappa shape index (κ3) is 6.48. The number of nitrogens with two attached hydrogens (primary N) is 1. The van der Waals surface area contributed by atoms with Crippen molar-refractivity contribution >= 4 is 17.5 Å². The van der Waals surface area contributed by atoms with E-state index in [0.717, 1.165) is 5.56 Å². The van der Waals surface area contributed by atoms with Gasteiger partial charge in [-0.15, -0.1) is 0 Å². The van der Waals surface area contributed by atoms with Crippen LogP contribution in [0.2, 0.25) is 0 Å². The van der Waals surface area contributed by atoms with Crippen LogP contribution in [0.4, 0.5) is 5.69 Å². The summed E-state index contributed by atoms with van der Waals surface area (Å²) in [5.74, 6) is -0.344. The molecule has 0 saturated heterocycles. The third-order valence-electron chi connectivity index (χ3n) is 5.25. The van der Waals surface area contributed by atoms with Gasteiger partial charge in [-0.3, -0.25) is 14.6 Å². The Morgan fingerprint density at radius 1 is 1.00 bits per heavy atom. The van der Waals surface area contributed by atoms with Crippen molar-refractivity contribution in [2.75, 3.05) is 18.4 Å². The number of nitrogens with zero attached hydrogens (tertiary/aromatic N) is 3. The molecule has 1 heterocycles. The first-order valence-corrected chi connectivity index (χ1v) is 10.6. The molecule has 33 heavy (non-hydrogen) atoms. The first-order chi connectivity index (χ1) is 15.8. The maximum absolute atomic E-state index is 13.3. The summed E-state index contributed by atoms with van der Waals surface area (Å²) in [4.78, 5) is 31.3. The molecule has 0 atom stereocenters. The van der Waals surface area contributed by atoms with Crippen molar-refractivity contribution in [3.05, 3.63) is 95.3 Å². The molecular formula is C26H27N5O2. The first kappa shape index (κ1) is 23.6. The first-order valence-electron chi connectivity index (χ1n) is 10.6. The maximum Gasteiger partial charge on any atom is 0.255 e. The molecule has 0 unspecified atom stereocenters. The Kier molecular flexibility index (Phi) is 7.54. The SMILES string of the molecule is CC(C)(CN)CN(Cc1ccc(NC(=O)c2ccncc2)cc1)C(=O)c1ccc(C#N)cc1. The minimum absolute atomic E-state index is 0.129. The van der Waals surface area contributed by atoms with Crippen LogP contribution in [-0.4, -0.2) is 34.8 Å². The van der Waals surface area contributed by atoms with E-state index in [4.69, 9.17) is 11.0 Å². The minimum Gasteiger partial charge on any atom is -0.334 e. The fourth-order valence-electron chi connectivity index (χ4n) is 3.27. The lowest BCUT2D eigenvalue weighted by atomic mass is 9.92. The van der Waals surface area contributed by atoms with E-state index in [1.165, 1.54) is 0 Å². The molecule has 0 fully saturated rings. The van der Waals surface area contributed by atoms with E-state index in [0.29, 0.717) is 42.0 Å². The van der Waals surface area contributed by atoms with Gasteiger partial charge in [0.05, 0.1) is 11.6 Å². The molecule has 7 heteroatoms. The van der Waals surface area contributed by atoms with Crippen LogP contribution in [0.25, 0.3) is 0 Å². The Morgan fingerprint density at radius 3 is 2.21 bits per heavy atom. The largest absolute Gasteiger partial charge is 0.334 e. The summed E-state index contributed by atoms with van der Waals surface area (Å²) in [6.45, 7) is 5.33. The highest BCUT2D eigenvalue weighted by molar-refractivity contribution is 6.04. The van der Waals surface area contributed by atoms with Crippen LogP contribution in [0.15, 0.2) is 73.1 Å². The van der Waals surface area contributed by atoms with Crippen LogP contribution in [0.1, 0.15) is 45.7 Å². The van der Waals surface area contributed by atoms with Crippen LogP contribution in [0, 0.1) is 16.7 Å². The average molecular weight is 442 g/mol. The summed E-state index contributed by atoms with van der Waals surface area (Å²) in [5, 5.41) is 11.9. The zero-order valence-corrected chi connectivity index (χ0v) is 18.8. The van der Waals surface area contributed by atoms with Crippen molar-refractivity contribution in [2.45, 2.75) is 20.4 Å². The monoisotopic (exact) mass is 441 g/mol. The molecule has 7 nitrogen and oxygen atoms in total. The van der Waals surface area contributed by atoms with Crippen molar-refractivity contribution in [1.29, 1.82) is 5.26 Å². The number of benzene rings is 2. The molecule has 3 aromatic rings. The quantitative estimate of drug-likeness (QED) is 0.552. The zero-order valence-electron chi connectivity index (χ0n) is 18.8. The molecule has 0 aliphatic carbocycles. The second-order valence-electron chi connectivity index (χ2n) is 8.61. The number of hydrogen-bond acceptors (Lipinski definition) is 5. The van der Waals surface area contributed by atoms with Gasteiger partial charge < -0.3 is 16.0 Å². The standard InChI is InChI=1S/C26H27N5O2/c1-26(2,17-28)18-31(25(33)22-7-3-19(15-27)4-8-22)16-20-5-9-23(10-6-20)30-24(32)21-11-13-29-14-12-21/h3-14H,16-18,28H2,1-2H3,(H,30,32). The summed E-state index contributed by atoms with van der Waals surface area (Å²) < 4.78 is 0. The molecule has 1 aromatic heterocycles. The molecule has 0 radical (unpaired) electrons. The van der Waals surface area contributed by atoms with E-state index in [1.807, 2.05) is 38.1 Å². The number of carbonyl (C=O) groups excluding carboxylic acids is 2. The van der Waals surface area contributed by atoms with Crippen molar-refractivity contribution in [2.24, 2.45) is 11.1 Å². The average Bonchev–Trinajstić information content (AvgIpc) is 2.85. The summed E-state index contributed by atoms with van der Waals surface area (Å²) in [5.41, 5.74) is 8.79. The van der Waals surface area contributed by atoms with Gasteiger partial charge in [0.1, 0.15) is 0 Å². The molecular weight excluding hydrogens is 414 g/mol. The van der Waals surface area contributed by atoms with Gasteiger partial charge in [-0.25, -0.2) is 0 Å². The van der Waals surface area contributed by atoms with Crippen molar-refractivity contribution < 1.29 is 9.59 Å². The van der Waals surface area contributed by atoms with Gasteiger partial charge >= 0.3 is 0 Å². The number of anilines is 1. The fourth-order valence-corrected chi connectivity index (χ4v) is 3.27. The van der Waals surface area contributed by atoms with Crippen LogP contribution < -0.4 is 11.1 Å². The minimum atomic E-state index is -0.263. The van der Waals surface area contributed by atoms with Crippen molar-refractivity contribution in [3.8, 4) is 6.07 Å². The molecule has 2 amide bonds. The Hall–Kier alpha value is -4.02. The number of rotatable bonds is 8. The van der Waals surface area contributed by atoms with Crippen LogP contribution in [0.3, 0.4) is 0 Å². The van der Waals surface area contributed by atoms with Crippen molar-refractivity contribution in [3.63, 3.8) is 0 Å². The molecule has 0 aliphatic heterocycles. The number of nitriles is 1. The summed E-state index contributed by atoms with van der Waals surface area (Å²) in [6, 6.07) is 19.4. The Labute approximate surface area is 193 Å². The lowest BCUT2D eigenvalue weighted by Gasteiger charge is -2.32. The van der Waals surface area contributed by atoms with Crippen LogP contribution >= 0.6 is 0 Å². The second-order valence-corrected chi connectivity index (χ2v) is 8.61. The van der Waals surface area contributed by atoms with E-state index in [1.54, 1.807) is 53.7 Å². The number of pyridine rings is 1. The van der Waals surface area contributed by atoms with E-state index < -0.39 is 0 Å². The van der Waals surface area contributed by atoms with Gasteiger partial charge in [0.15, 0.2) is 0 Å². The Morgan fingerprint density at radius 2 is 1.64 bits per heavy atom. The van der Waals surface area contributed by atoms with E-state index in [-0.39, 0.29) is 17.2 Å². The van der Waals surface area contributed by atoms with Gasteiger partial charge in [0, 0.05) is 42.3 Å². The Balaban J connectivity index is 1.75. The van der Waals surface area contributed by atoms with Gasteiger partial charge in [0.2, 0.25) is 0 Å². The van der Waals surface area contributed by atoms with Crippen LogP contribution in [-0.2, 0) is 6.54 Å². The maximum atomic E-state index is 13.3. The number of aromatic nitrogens is 1. The lowest BCUT2D eigenvalue weighted by Crippen LogP contribution is -2.41. The Bertz CT molecular complexity index is 1130. The van der Waals surface area contributed by atoms with Gasteiger partial charge in [-0.1, -0.05) is 26.0 Å². The summed E-state index contributed by atoms with van der Waals surface area (Å²) >= 11 is 0. The highest BCUT2D eigenvalue weighted by atomic mass is 16.2. The topological polar surface area (TPSA) is 112 Å². The number of carbonyl (C=O) groups is 2. The normalized spacial score (nSPS) is 10.8. The second kappa shape index (κ2) is 10.5. The molecule has 3 rings (SSSR count). The molecule has 0 aliphatic rings. The highest BCUT2D eigenvalue weighted by Crippen LogP contribution is 2.21. The predicted molar refractivity (Wildman–Crippen MR) is 127 cm³/mol. The number of hydrogen-bond donors (Lipinski definition) is 2. The molecule has 3 N–H and O–H groups in total. The third-order valence-corrected chi connectivity index (χ3v) is 5.25. The van der Waals surface area contributed by atoms with Gasteiger partial charge in [-0.2, -0.15) is 5.26 Å². The van der Waals surface area contributed by atoms with E-state index in [2.05, 4.69) is 16.4 Å². The van der Waals surface area contributed by atoms with Crippen molar-refractivity contribution in [1.82, 2.24) is 9.88 Å². The zero-order chi connectivity index (χ0) is 23.8. The molecule has 0 bridgehead atoms. The fraction of sp³-hybridized carbons (Fsp3) is 0.231. The van der Waals surface area contributed by atoms with Crippen LogP contribution in [0.5, 0.6) is 0 Å². The molecule has 2 aromatic carbocycles. The molecule has 0 saturated carbocycles. The van der Waals surface area contributed by atoms with Gasteiger partial charge in [-0.05, 0) is 66.1 Å². The molecule has 168 valence electrons. The van der Waals surface area contributed by atoms with E-state index >= 15 is 0 Å². The highest BCUT2D eigenvalue weighted by Gasteiger charge is 2.25. The number of amides is 2. The molecule has 0 spiro atoms. The predicted octanol–water partition coefficient (Wildman–Crippen LogP) is 3.83. The van der Waals surface area contributed by atoms with E-state index in [9.17, 15) is 9.59 Å². The lowest BCUT2D eigenvalue weighted by molar-refractivity contribution is 0.0673.